The zero-order valence-electron chi connectivity index (χ0n) is 11.7. The summed E-state index contributed by atoms with van der Waals surface area (Å²) in [7, 11) is 0. The van der Waals surface area contributed by atoms with Gasteiger partial charge in [-0.2, -0.15) is 0 Å². The summed E-state index contributed by atoms with van der Waals surface area (Å²) in [6.07, 6.45) is 0. The number of aryl methyl sites for hydroxylation is 1. The number of furan rings is 1. The molecule has 0 saturated carbocycles. The van der Waals surface area contributed by atoms with E-state index in [1.807, 2.05) is 18.2 Å². The highest BCUT2D eigenvalue weighted by Crippen LogP contribution is 2.29. The van der Waals surface area contributed by atoms with Gasteiger partial charge in [-0.25, -0.2) is 4.39 Å². The molecule has 3 rings (SSSR count). The van der Waals surface area contributed by atoms with E-state index in [0.29, 0.717) is 17.1 Å². The average molecular weight is 301 g/mol. The van der Waals surface area contributed by atoms with Crippen molar-refractivity contribution in [2.45, 2.75) is 17.9 Å². The number of nitrogens with two attached hydrogens (primary N) is 1. The lowest BCUT2D eigenvalue weighted by molar-refractivity contribution is 0.515. The highest BCUT2D eigenvalue weighted by Gasteiger charge is 2.13. The highest BCUT2D eigenvalue weighted by molar-refractivity contribution is 7.99. The summed E-state index contributed by atoms with van der Waals surface area (Å²) in [4.78, 5) is 1.22. The van der Waals surface area contributed by atoms with Crippen molar-refractivity contribution in [3.05, 3.63) is 65.7 Å². The maximum absolute atomic E-state index is 13.2. The number of fused-ring (bicyclic) bond motifs is 1. The molecule has 0 aliphatic heterocycles. The maximum atomic E-state index is 13.2. The fraction of sp³-hybridized carbons (Fsp3) is 0.176. The Morgan fingerprint density at radius 2 is 2.00 bits per heavy atom. The predicted octanol–water partition coefficient (Wildman–Crippen LogP) is 4.67. The summed E-state index contributed by atoms with van der Waals surface area (Å²) in [6.45, 7) is 2.08. The first-order valence-corrected chi connectivity index (χ1v) is 7.75. The first-order chi connectivity index (χ1) is 10.1. The molecule has 1 unspecified atom stereocenters. The van der Waals surface area contributed by atoms with E-state index in [4.69, 9.17) is 10.2 Å². The highest BCUT2D eigenvalue weighted by atomic mass is 32.2. The SMILES string of the molecule is Cc1ccccc1SCC(N)c1cc2cc(F)ccc2o1. The summed E-state index contributed by atoms with van der Waals surface area (Å²) in [6, 6.07) is 14.3. The van der Waals surface area contributed by atoms with Crippen LogP contribution >= 0.6 is 11.8 Å². The summed E-state index contributed by atoms with van der Waals surface area (Å²) in [5.41, 5.74) is 8.09. The maximum Gasteiger partial charge on any atom is 0.134 e. The Hall–Kier alpha value is -1.78. The number of benzene rings is 2. The molecule has 1 aromatic heterocycles. The van der Waals surface area contributed by atoms with Crippen LogP contribution in [0.1, 0.15) is 17.4 Å². The molecule has 0 amide bonds. The summed E-state index contributed by atoms with van der Waals surface area (Å²) in [5.74, 6) is 1.14. The van der Waals surface area contributed by atoms with Gasteiger partial charge in [0, 0.05) is 16.0 Å². The van der Waals surface area contributed by atoms with E-state index >= 15 is 0 Å². The second-order valence-corrected chi connectivity index (χ2v) is 6.08. The van der Waals surface area contributed by atoms with Crippen molar-refractivity contribution < 1.29 is 8.81 Å². The van der Waals surface area contributed by atoms with Gasteiger partial charge in [0.2, 0.25) is 0 Å². The number of hydrogen-bond acceptors (Lipinski definition) is 3. The molecule has 2 N–H and O–H groups in total. The molecule has 0 saturated heterocycles. The Labute approximate surface area is 127 Å². The van der Waals surface area contributed by atoms with Gasteiger partial charge in [-0.1, -0.05) is 18.2 Å². The van der Waals surface area contributed by atoms with Crippen molar-refractivity contribution in [1.82, 2.24) is 0 Å². The number of halogens is 1. The molecule has 0 fully saturated rings. The lowest BCUT2D eigenvalue weighted by Crippen LogP contribution is -2.11. The van der Waals surface area contributed by atoms with Gasteiger partial charge in [0.15, 0.2) is 0 Å². The standard InChI is InChI=1S/C17H16FNOS/c1-11-4-2-3-5-17(11)21-10-14(19)16-9-12-8-13(18)6-7-15(12)20-16/h2-9,14H,10,19H2,1H3. The molecule has 1 atom stereocenters. The van der Waals surface area contributed by atoms with Crippen molar-refractivity contribution in [2.24, 2.45) is 5.73 Å². The van der Waals surface area contributed by atoms with Crippen LogP contribution in [0.25, 0.3) is 11.0 Å². The molecule has 21 heavy (non-hydrogen) atoms. The molecule has 108 valence electrons. The lowest BCUT2D eigenvalue weighted by atomic mass is 10.2. The van der Waals surface area contributed by atoms with Gasteiger partial charge in [-0.3, -0.25) is 0 Å². The normalized spacial score (nSPS) is 12.7. The minimum Gasteiger partial charge on any atom is -0.459 e. The van der Waals surface area contributed by atoms with Gasteiger partial charge in [0.1, 0.15) is 17.2 Å². The van der Waals surface area contributed by atoms with Gasteiger partial charge >= 0.3 is 0 Å². The molecule has 4 heteroatoms. The fourth-order valence-electron chi connectivity index (χ4n) is 2.20. The van der Waals surface area contributed by atoms with Crippen LogP contribution < -0.4 is 5.73 Å². The summed E-state index contributed by atoms with van der Waals surface area (Å²) >= 11 is 1.70. The van der Waals surface area contributed by atoms with Crippen LogP contribution in [0.15, 0.2) is 57.8 Å². The van der Waals surface area contributed by atoms with E-state index in [-0.39, 0.29) is 11.9 Å². The minimum atomic E-state index is -0.266. The van der Waals surface area contributed by atoms with Gasteiger partial charge in [-0.15, -0.1) is 11.8 Å². The van der Waals surface area contributed by atoms with E-state index in [9.17, 15) is 4.39 Å². The Bertz CT molecular complexity index is 768. The quantitative estimate of drug-likeness (QED) is 0.712. The Morgan fingerprint density at radius 3 is 2.81 bits per heavy atom. The molecule has 0 radical (unpaired) electrons. The van der Waals surface area contributed by atoms with E-state index in [1.165, 1.54) is 22.6 Å². The third-order valence-electron chi connectivity index (χ3n) is 3.37. The first-order valence-electron chi connectivity index (χ1n) is 6.76. The molecule has 0 aliphatic rings. The average Bonchev–Trinajstić information content (AvgIpc) is 2.89. The molecular weight excluding hydrogens is 285 g/mol. The second-order valence-electron chi connectivity index (χ2n) is 5.01. The van der Waals surface area contributed by atoms with Gasteiger partial charge in [0.25, 0.3) is 0 Å². The number of thioether (sulfide) groups is 1. The monoisotopic (exact) mass is 301 g/mol. The molecule has 0 bridgehead atoms. The molecule has 1 heterocycles. The molecular formula is C17H16FNOS. The smallest absolute Gasteiger partial charge is 0.134 e. The Balaban J connectivity index is 1.75. The van der Waals surface area contributed by atoms with E-state index in [1.54, 1.807) is 17.8 Å². The third-order valence-corrected chi connectivity index (χ3v) is 4.67. The Morgan fingerprint density at radius 1 is 1.19 bits per heavy atom. The van der Waals surface area contributed by atoms with Gasteiger partial charge in [0.05, 0.1) is 6.04 Å². The lowest BCUT2D eigenvalue weighted by Gasteiger charge is -2.09. The molecule has 0 spiro atoms. The summed E-state index contributed by atoms with van der Waals surface area (Å²) < 4.78 is 18.9. The third kappa shape index (κ3) is 3.12. The van der Waals surface area contributed by atoms with Crippen LogP contribution in [-0.4, -0.2) is 5.75 Å². The van der Waals surface area contributed by atoms with Crippen molar-refractivity contribution >= 4 is 22.7 Å². The molecule has 3 aromatic rings. The van der Waals surface area contributed by atoms with Crippen molar-refractivity contribution in [3.8, 4) is 0 Å². The van der Waals surface area contributed by atoms with Crippen molar-refractivity contribution in [1.29, 1.82) is 0 Å². The van der Waals surface area contributed by atoms with E-state index < -0.39 is 0 Å². The zero-order valence-corrected chi connectivity index (χ0v) is 12.5. The second kappa shape index (κ2) is 5.92. The fourth-order valence-corrected chi connectivity index (χ4v) is 3.19. The van der Waals surface area contributed by atoms with E-state index in [0.717, 1.165) is 5.39 Å². The molecule has 0 aliphatic carbocycles. The van der Waals surface area contributed by atoms with Crippen LogP contribution in [0.3, 0.4) is 0 Å². The molecule has 2 nitrogen and oxygen atoms in total. The van der Waals surface area contributed by atoms with Crippen LogP contribution in [0.4, 0.5) is 4.39 Å². The topological polar surface area (TPSA) is 39.2 Å². The zero-order chi connectivity index (χ0) is 14.8. The van der Waals surface area contributed by atoms with E-state index in [2.05, 4.69) is 19.1 Å². The predicted molar refractivity (Wildman–Crippen MR) is 85.0 cm³/mol. The van der Waals surface area contributed by atoms with Crippen molar-refractivity contribution in [2.75, 3.05) is 5.75 Å². The van der Waals surface area contributed by atoms with Crippen LogP contribution in [0, 0.1) is 12.7 Å². The van der Waals surface area contributed by atoms with Crippen molar-refractivity contribution in [3.63, 3.8) is 0 Å². The minimum absolute atomic E-state index is 0.218. The van der Waals surface area contributed by atoms with Gasteiger partial charge < -0.3 is 10.2 Å². The Kier molecular flexibility index (Phi) is 3.99. The van der Waals surface area contributed by atoms with Crippen LogP contribution in [0.2, 0.25) is 0 Å². The largest absolute Gasteiger partial charge is 0.459 e. The first kappa shape index (κ1) is 14.2. The van der Waals surface area contributed by atoms with Gasteiger partial charge in [-0.05, 0) is 42.8 Å². The van der Waals surface area contributed by atoms with Crippen LogP contribution in [0.5, 0.6) is 0 Å². The summed E-state index contributed by atoms with van der Waals surface area (Å²) in [5, 5.41) is 0.751. The molecule has 2 aromatic carbocycles. The number of hydrogen-bond donors (Lipinski definition) is 1. The van der Waals surface area contributed by atoms with Crippen LogP contribution in [-0.2, 0) is 0 Å². The number of rotatable bonds is 4.